The van der Waals surface area contributed by atoms with Crippen LogP contribution in [-0.2, 0) is 0 Å². The van der Waals surface area contributed by atoms with Crippen molar-refractivity contribution in [3.05, 3.63) is 57.8 Å². The maximum absolute atomic E-state index is 13.4. The van der Waals surface area contributed by atoms with E-state index in [2.05, 4.69) is 15.9 Å². The Morgan fingerprint density at radius 3 is 2.50 bits per heavy atom. The summed E-state index contributed by atoms with van der Waals surface area (Å²) < 4.78 is 14.3. The third-order valence-corrected chi connectivity index (χ3v) is 3.34. The van der Waals surface area contributed by atoms with Gasteiger partial charge in [-0.1, -0.05) is 22.0 Å². The number of ketones is 1. The fourth-order valence-corrected chi connectivity index (χ4v) is 2.29. The number of aryl methyl sites for hydroxylation is 1. The van der Waals surface area contributed by atoms with Crippen molar-refractivity contribution in [3.8, 4) is 11.1 Å². The first-order chi connectivity index (χ1) is 8.49. The van der Waals surface area contributed by atoms with Crippen LogP contribution < -0.4 is 0 Å². The van der Waals surface area contributed by atoms with Gasteiger partial charge in [0, 0.05) is 10.0 Å². The smallest absolute Gasteiger partial charge is 0.160 e. The molecule has 0 heterocycles. The molecule has 2 aromatic carbocycles. The predicted molar refractivity (Wildman–Crippen MR) is 74.3 cm³/mol. The van der Waals surface area contributed by atoms with Gasteiger partial charge in [-0.2, -0.15) is 0 Å². The zero-order valence-electron chi connectivity index (χ0n) is 10.1. The summed E-state index contributed by atoms with van der Waals surface area (Å²) in [5.41, 5.74) is 3.05. The van der Waals surface area contributed by atoms with E-state index in [1.165, 1.54) is 25.1 Å². The second-order valence-corrected chi connectivity index (χ2v) is 5.12. The van der Waals surface area contributed by atoms with Crippen molar-refractivity contribution in [3.63, 3.8) is 0 Å². The number of rotatable bonds is 2. The molecule has 3 heteroatoms. The number of carbonyl (C=O) groups is 1. The first-order valence-electron chi connectivity index (χ1n) is 5.56. The van der Waals surface area contributed by atoms with Crippen molar-refractivity contribution < 1.29 is 9.18 Å². The van der Waals surface area contributed by atoms with Crippen molar-refractivity contribution in [2.75, 3.05) is 0 Å². The van der Waals surface area contributed by atoms with Gasteiger partial charge in [-0.15, -0.1) is 0 Å². The summed E-state index contributed by atoms with van der Waals surface area (Å²) in [6.45, 7) is 3.43. The molecule has 0 radical (unpaired) electrons. The zero-order valence-corrected chi connectivity index (χ0v) is 11.7. The minimum absolute atomic E-state index is 0.0654. The van der Waals surface area contributed by atoms with Gasteiger partial charge in [0.15, 0.2) is 5.78 Å². The molecule has 0 spiro atoms. The fourth-order valence-electron chi connectivity index (χ4n) is 1.93. The molecule has 0 saturated carbocycles. The van der Waals surface area contributed by atoms with Crippen molar-refractivity contribution in [1.82, 2.24) is 0 Å². The number of Topliss-reactive ketones (excluding diaryl/α,β-unsaturated/α-hetero) is 1. The Labute approximate surface area is 114 Å². The quantitative estimate of drug-likeness (QED) is 0.731. The predicted octanol–water partition coefficient (Wildman–Crippen LogP) is 4.77. The molecule has 0 unspecified atom stereocenters. The Bertz CT molecular complexity index is 620. The van der Waals surface area contributed by atoms with Crippen LogP contribution in [0.25, 0.3) is 11.1 Å². The van der Waals surface area contributed by atoms with Crippen LogP contribution in [0.15, 0.2) is 40.9 Å². The van der Waals surface area contributed by atoms with Gasteiger partial charge in [-0.25, -0.2) is 4.39 Å². The summed E-state index contributed by atoms with van der Waals surface area (Å²) in [7, 11) is 0. The SMILES string of the molecule is CC(=O)c1ccc(F)cc1-c1cc(Br)ccc1C. The molecular formula is C15H12BrFO. The minimum Gasteiger partial charge on any atom is -0.294 e. The Balaban J connectivity index is 2.73. The summed E-state index contributed by atoms with van der Waals surface area (Å²) in [6, 6.07) is 10.0. The lowest BCUT2D eigenvalue weighted by Gasteiger charge is -2.11. The molecule has 0 fully saturated rings. The molecule has 0 aliphatic carbocycles. The highest BCUT2D eigenvalue weighted by Crippen LogP contribution is 2.30. The maximum atomic E-state index is 13.4. The molecule has 0 atom stereocenters. The monoisotopic (exact) mass is 306 g/mol. The summed E-state index contributed by atoms with van der Waals surface area (Å²) in [6.07, 6.45) is 0. The van der Waals surface area contributed by atoms with E-state index in [1.54, 1.807) is 0 Å². The fraction of sp³-hybridized carbons (Fsp3) is 0.133. The molecule has 0 aliphatic rings. The number of halogens is 2. The number of carbonyl (C=O) groups excluding carboxylic acids is 1. The van der Waals surface area contributed by atoms with E-state index in [0.29, 0.717) is 11.1 Å². The summed E-state index contributed by atoms with van der Waals surface area (Å²) >= 11 is 3.40. The molecule has 0 N–H and O–H groups in total. The molecule has 92 valence electrons. The Morgan fingerprint density at radius 1 is 1.11 bits per heavy atom. The lowest BCUT2D eigenvalue weighted by atomic mass is 9.94. The second kappa shape index (κ2) is 5.02. The highest BCUT2D eigenvalue weighted by atomic mass is 79.9. The highest BCUT2D eigenvalue weighted by molar-refractivity contribution is 9.10. The Morgan fingerprint density at radius 2 is 1.83 bits per heavy atom. The van der Waals surface area contributed by atoms with Gasteiger partial charge in [0.05, 0.1) is 0 Å². The largest absolute Gasteiger partial charge is 0.294 e. The highest BCUT2D eigenvalue weighted by Gasteiger charge is 2.12. The maximum Gasteiger partial charge on any atom is 0.160 e. The standard InChI is InChI=1S/C15H12BrFO/c1-9-3-4-11(16)7-14(9)15-8-12(17)5-6-13(15)10(2)18/h3-8H,1-2H3. The van der Waals surface area contributed by atoms with Gasteiger partial charge < -0.3 is 0 Å². The summed E-state index contributed by atoms with van der Waals surface area (Å²) in [4.78, 5) is 11.6. The molecule has 2 rings (SSSR count). The van der Waals surface area contributed by atoms with E-state index in [9.17, 15) is 9.18 Å². The van der Waals surface area contributed by atoms with E-state index in [-0.39, 0.29) is 11.6 Å². The van der Waals surface area contributed by atoms with Crippen LogP contribution in [0.5, 0.6) is 0 Å². The van der Waals surface area contributed by atoms with Crippen molar-refractivity contribution >= 4 is 21.7 Å². The van der Waals surface area contributed by atoms with E-state index >= 15 is 0 Å². The van der Waals surface area contributed by atoms with Gasteiger partial charge in [-0.3, -0.25) is 4.79 Å². The van der Waals surface area contributed by atoms with Crippen LogP contribution in [0, 0.1) is 12.7 Å². The molecule has 0 aliphatic heterocycles. The number of hydrogen-bond donors (Lipinski definition) is 0. The van der Waals surface area contributed by atoms with Crippen LogP contribution >= 0.6 is 15.9 Å². The third kappa shape index (κ3) is 2.51. The molecule has 0 amide bonds. The van der Waals surface area contributed by atoms with E-state index in [0.717, 1.165) is 15.6 Å². The first kappa shape index (κ1) is 13.0. The Kier molecular flexibility index (Phi) is 3.62. The Hall–Kier alpha value is -1.48. The van der Waals surface area contributed by atoms with Crippen LogP contribution in [0.3, 0.4) is 0 Å². The molecular weight excluding hydrogens is 295 g/mol. The molecule has 0 saturated heterocycles. The van der Waals surface area contributed by atoms with Crippen LogP contribution in [0.1, 0.15) is 22.8 Å². The number of hydrogen-bond acceptors (Lipinski definition) is 1. The average molecular weight is 307 g/mol. The van der Waals surface area contributed by atoms with E-state index < -0.39 is 0 Å². The molecule has 0 aromatic heterocycles. The lowest BCUT2D eigenvalue weighted by Crippen LogP contribution is -1.98. The third-order valence-electron chi connectivity index (χ3n) is 2.85. The molecule has 2 aromatic rings. The lowest BCUT2D eigenvalue weighted by molar-refractivity contribution is 0.101. The second-order valence-electron chi connectivity index (χ2n) is 4.21. The van der Waals surface area contributed by atoms with Gasteiger partial charge in [0.25, 0.3) is 0 Å². The molecule has 1 nitrogen and oxygen atoms in total. The minimum atomic E-state index is -0.339. The molecule has 18 heavy (non-hydrogen) atoms. The summed E-state index contributed by atoms with van der Waals surface area (Å²) in [5, 5.41) is 0. The summed E-state index contributed by atoms with van der Waals surface area (Å²) in [5.74, 6) is -0.404. The van der Waals surface area contributed by atoms with Gasteiger partial charge in [0.1, 0.15) is 5.82 Å². The van der Waals surface area contributed by atoms with Crippen molar-refractivity contribution in [2.24, 2.45) is 0 Å². The van der Waals surface area contributed by atoms with E-state index in [4.69, 9.17) is 0 Å². The average Bonchev–Trinajstić information content (AvgIpc) is 2.31. The van der Waals surface area contributed by atoms with E-state index in [1.807, 2.05) is 25.1 Å². The molecule has 0 bridgehead atoms. The van der Waals surface area contributed by atoms with Crippen LogP contribution in [0.4, 0.5) is 4.39 Å². The van der Waals surface area contributed by atoms with Gasteiger partial charge >= 0.3 is 0 Å². The normalized spacial score (nSPS) is 10.4. The topological polar surface area (TPSA) is 17.1 Å². The zero-order chi connectivity index (χ0) is 13.3. The van der Waals surface area contributed by atoms with Crippen molar-refractivity contribution in [1.29, 1.82) is 0 Å². The van der Waals surface area contributed by atoms with Gasteiger partial charge in [-0.05, 0) is 60.9 Å². The first-order valence-corrected chi connectivity index (χ1v) is 6.35. The van der Waals surface area contributed by atoms with Crippen LogP contribution in [0.2, 0.25) is 0 Å². The van der Waals surface area contributed by atoms with Crippen LogP contribution in [-0.4, -0.2) is 5.78 Å². The number of benzene rings is 2. The van der Waals surface area contributed by atoms with Gasteiger partial charge in [0.2, 0.25) is 0 Å². The van der Waals surface area contributed by atoms with Crippen molar-refractivity contribution in [2.45, 2.75) is 13.8 Å².